The lowest BCUT2D eigenvalue weighted by Gasteiger charge is -2.14. The molecule has 0 spiro atoms. The van der Waals surface area contributed by atoms with Crippen LogP contribution in [0.5, 0.6) is 0 Å². The highest BCUT2D eigenvalue weighted by molar-refractivity contribution is 4.67. The molecule has 2 unspecified atom stereocenters. The van der Waals surface area contributed by atoms with E-state index in [9.17, 15) is 0 Å². The van der Waals surface area contributed by atoms with Gasteiger partial charge in [-0.3, -0.25) is 0 Å². The average molecular weight is 188 g/mol. The number of ether oxygens (including phenoxy) is 3. The summed E-state index contributed by atoms with van der Waals surface area (Å²) >= 11 is 0. The molecule has 1 heterocycles. The first kappa shape index (κ1) is 11.0. The molecule has 1 aliphatic rings. The topological polar surface area (TPSA) is 31.0 Å². The maximum absolute atomic E-state index is 5.54. The minimum atomic E-state index is 0.196. The van der Waals surface area contributed by atoms with Gasteiger partial charge in [0.05, 0.1) is 25.9 Å². The van der Waals surface area contributed by atoms with Crippen LogP contribution in [-0.2, 0) is 14.2 Å². The lowest BCUT2D eigenvalue weighted by atomic mass is 10.2. The van der Waals surface area contributed by atoms with Gasteiger partial charge in [0.2, 0.25) is 0 Å². The summed E-state index contributed by atoms with van der Waals surface area (Å²) in [6.07, 6.45) is 0.554. The molecule has 0 amide bonds. The third kappa shape index (κ3) is 6.02. The van der Waals surface area contributed by atoms with Crippen molar-refractivity contribution in [2.24, 2.45) is 5.92 Å². The molecule has 13 heavy (non-hydrogen) atoms. The number of epoxide rings is 1. The zero-order valence-corrected chi connectivity index (χ0v) is 8.79. The van der Waals surface area contributed by atoms with Crippen molar-refractivity contribution in [2.75, 3.05) is 26.4 Å². The van der Waals surface area contributed by atoms with Gasteiger partial charge in [0.25, 0.3) is 0 Å². The van der Waals surface area contributed by atoms with Crippen LogP contribution in [0.2, 0.25) is 0 Å². The molecular formula is C10H20O3. The van der Waals surface area contributed by atoms with Gasteiger partial charge in [-0.2, -0.15) is 0 Å². The van der Waals surface area contributed by atoms with Gasteiger partial charge in [-0.05, 0) is 12.8 Å². The zero-order valence-electron chi connectivity index (χ0n) is 8.79. The van der Waals surface area contributed by atoms with E-state index in [0.29, 0.717) is 18.6 Å². The molecular weight excluding hydrogens is 168 g/mol. The van der Waals surface area contributed by atoms with E-state index in [1.54, 1.807) is 0 Å². The number of rotatable bonds is 7. The quantitative estimate of drug-likeness (QED) is 0.567. The predicted molar refractivity (Wildman–Crippen MR) is 50.8 cm³/mol. The molecule has 0 saturated carbocycles. The van der Waals surface area contributed by atoms with Gasteiger partial charge in [0.15, 0.2) is 0 Å². The highest BCUT2D eigenvalue weighted by Gasteiger charge is 2.22. The summed E-state index contributed by atoms with van der Waals surface area (Å²) in [7, 11) is 0. The zero-order chi connectivity index (χ0) is 9.68. The summed E-state index contributed by atoms with van der Waals surface area (Å²) in [5, 5.41) is 0. The molecule has 0 aromatic heterocycles. The van der Waals surface area contributed by atoms with Gasteiger partial charge in [-0.1, -0.05) is 13.8 Å². The number of hydrogen-bond donors (Lipinski definition) is 0. The van der Waals surface area contributed by atoms with Crippen LogP contribution in [0.15, 0.2) is 0 Å². The van der Waals surface area contributed by atoms with Crippen molar-refractivity contribution >= 4 is 0 Å². The van der Waals surface area contributed by atoms with Gasteiger partial charge in [0, 0.05) is 6.61 Å². The van der Waals surface area contributed by atoms with Crippen molar-refractivity contribution in [1.82, 2.24) is 0 Å². The second-order valence-electron chi connectivity index (χ2n) is 4.03. The SMILES string of the molecule is CC(C)COC(C)COCC1CO1. The fraction of sp³-hybridized carbons (Fsp3) is 1.00. The second kappa shape index (κ2) is 5.58. The van der Waals surface area contributed by atoms with Crippen LogP contribution in [0.1, 0.15) is 20.8 Å². The van der Waals surface area contributed by atoms with Crippen molar-refractivity contribution in [3.8, 4) is 0 Å². The maximum atomic E-state index is 5.54. The highest BCUT2D eigenvalue weighted by atomic mass is 16.6. The first-order valence-corrected chi connectivity index (χ1v) is 4.99. The molecule has 1 fully saturated rings. The molecule has 0 aromatic carbocycles. The molecule has 3 nitrogen and oxygen atoms in total. The van der Waals surface area contributed by atoms with E-state index < -0.39 is 0 Å². The molecule has 78 valence electrons. The third-order valence-electron chi connectivity index (χ3n) is 1.77. The third-order valence-corrected chi connectivity index (χ3v) is 1.77. The van der Waals surface area contributed by atoms with Crippen LogP contribution in [-0.4, -0.2) is 38.6 Å². The Bertz CT molecular complexity index is 132. The standard InChI is InChI=1S/C10H20O3/c1-8(2)4-12-9(3)5-11-6-10-7-13-10/h8-10H,4-7H2,1-3H3. The first-order valence-electron chi connectivity index (χ1n) is 4.99. The van der Waals surface area contributed by atoms with Gasteiger partial charge < -0.3 is 14.2 Å². The van der Waals surface area contributed by atoms with E-state index >= 15 is 0 Å². The summed E-state index contributed by atoms with van der Waals surface area (Å²) in [5.41, 5.74) is 0. The van der Waals surface area contributed by atoms with Gasteiger partial charge in [-0.15, -0.1) is 0 Å². The molecule has 1 aliphatic heterocycles. The van der Waals surface area contributed by atoms with Gasteiger partial charge in [-0.25, -0.2) is 0 Å². The molecule has 1 saturated heterocycles. The Hall–Kier alpha value is -0.120. The Morgan fingerprint density at radius 3 is 2.54 bits per heavy atom. The van der Waals surface area contributed by atoms with Crippen molar-refractivity contribution in [3.63, 3.8) is 0 Å². The van der Waals surface area contributed by atoms with Gasteiger partial charge >= 0.3 is 0 Å². The van der Waals surface area contributed by atoms with Crippen LogP contribution in [0, 0.1) is 5.92 Å². The van der Waals surface area contributed by atoms with Crippen LogP contribution >= 0.6 is 0 Å². The lowest BCUT2D eigenvalue weighted by Crippen LogP contribution is -2.19. The molecule has 0 N–H and O–H groups in total. The fourth-order valence-corrected chi connectivity index (χ4v) is 0.935. The molecule has 3 heteroatoms. The minimum Gasteiger partial charge on any atom is -0.376 e. The summed E-state index contributed by atoms with van der Waals surface area (Å²) in [4.78, 5) is 0. The van der Waals surface area contributed by atoms with Crippen LogP contribution in [0.25, 0.3) is 0 Å². The normalized spacial score (nSPS) is 23.5. The predicted octanol–water partition coefficient (Wildman–Crippen LogP) is 1.46. The smallest absolute Gasteiger partial charge is 0.104 e. The van der Waals surface area contributed by atoms with Crippen molar-refractivity contribution in [1.29, 1.82) is 0 Å². The van der Waals surface area contributed by atoms with Crippen molar-refractivity contribution in [2.45, 2.75) is 33.0 Å². The molecule has 0 aromatic rings. The Labute approximate surface area is 80.4 Å². The van der Waals surface area contributed by atoms with E-state index in [1.807, 2.05) is 6.92 Å². The molecule has 1 rings (SSSR count). The Morgan fingerprint density at radius 1 is 1.31 bits per heavy atom. The number of hydrogen-bond acceptors (Lipinski definition) is 3. The van der Waals surface area contributed by atoms with E-state index in [2.05, 4.69) is 13.8 Å². The average Bonchev–Trinajstić information content (AvgIpc) is 2.84. The largest absolute Gasteiger partial charge is 0.376 e. The van der Waals surface area contributed by atoms with Gasteiger partial charge in [0.1, 0.15) is 6.10 Å². The van der Waals surface area contributed by atoms with E-state index in [-0.39, 0.29) is 6.10 Å². The maximum Gasteiger partial charge on any atom is 0.104 e. The Kier molecular flexibility index (Phi) is 4.70. The summed E-state index contributed by atoms with van der Waals surface area (Å²) in [5.74, 6) is 0.592. The molecule has 0 aliphatic carbocycles. The van der Waals surface area contributed by atoms with Crippen molar-refractivity contribution in [3.05, 3.63) is 0 Å². The molecule has 2 atom stereocenters. The molecule has 0 bridgehead atoms. The summed E-state index contributed by atoms with van der Waals surface area (Å²) in [6, 6.07) is 0. The lowest BCUT2D eigenvalue weighted by molar-refractivity contribution is -0.0188. The van der Waals surface area contributed by atoms with Crippen LogP contribution in [0.3, 0.4) is 0 Å². The van der Waals surface area contributed by atoms with Crippen molar-refractivity contribution < 1.29 is 14.2 Å². The van der Waals surface area contributed by atoms with E-state index in [0.717, 1.165) is 19.8 Å². The van der Waals surface area contributed by atoms with E-state index in [1.165, 1.54) is 0 Å². The molecule has 0 radical (unpaired) electrons. The summed E-state index contributed by atoms with van der Waals surface area (Å²) < 4.78 is 16.0. The summed E-state index contributed by atoms with van der Waals surface area (Å²) in [6.45, 7) is 9.39. The fourth-order valence-electron chi connectivity index (χ4n) is 0.935. The van der Waals surface area contributed by atoms with Crippen LogP contribution in [0.4, 0.5) is 0 Å². The van der Waals surface area contributed by atoms with E-state index in [4.69, 9.17) is 14.2 Å². The highest BCUT2D eigenvalue weighted by Crippen LogP contribution is 2.09. The first-order chi connectivity index (χ1) is 6.18. The van der Waals surface area contributed by atoms with Crippen LogP contribution < -0.4 is 0 Å². The monoisotopic (exact) mass is 188 g/mol. The Balaban J connectivity index is 1.87. The minimum absolute atomic E-state index is 0.196. The Morgan fingerprint density at radius 2 is 2.00 bits per heavy atom. The second-order valence-corrected chi connectivity index (χ2v) is 4.03.